The fourth-order valence-electron chi connectivity index (χ4n) is 3.21. The van der Waals surface area contributed by atoms with Gasteiger partial charge in [0, 0.05) is 19.0 Å². The standard InChI is InChI=1S/C14H26N2O/c1-14(2)6-8-16(9-7-14)13(17)12-5-3-4-11(12)10-15/h11-12H,3-10,15H2,1-2H3. The van der Waals surface area contributed by atoms with Gasteiger partial charge in [-0.1, -0.05) is 20.3 Å². The maximum absolute atomic E-state index is 12.5. The van der Waals surface area contributed by atoms with E-state index in [-0.39, 0.29) is 5.92 Å². The molecule has 1 saturated carbocycles. The van der Waals surface area contributed by atoms with Gasteiger partial charge in [-0.15, -0.1) is 0 Å². The molecule has 0 aromatic carbocycles. The number of amides is 1. The molecule has 2 aliphatic rings. The first-order chi connectivity index (χ1) is 8.03. The Morgan fingerprint density at radius 3 is 2.53 bits per heavy atom. The van der Waals surface area contributed by atoms with Gasteiger partial charge in [-0.2, -0.15) is 0 Å². The molecule has 0 aromatic heterocycles. The third-order valence-corrected chi connectivity index (χ3v) is 4.71. The van der Waals surface area contributed by atoms with Gasteiger partial charge < -0.3 is 10.6 Å². The molecule has 3 heteroatoms. The van der Waals surface area contributed by atoms with Crippen LogP contribution in [0.5, 0.6) is 0 Å². The van der Waals surface area contributed by atoms with Crippen molar-refractivity contribution >= 4 is 5.91 Å². The van der Waals surface area contributed by atoms with Crippen LogP contribution in [0.15, 0.2) is 0 Å². The molecule has 2 atom stereocenters. The molecule has 2 rings (SSSR count). The zero-order valence-electron chi connectivity index (χ0n) is 11.2. The molecule has 17 heavy (non-hydrogen) atoms. The van der Waals surface area contributed by atoms with Gasteiger partial charge in [0.25, 0.3) is 0 Å². The number of nitrogens with zero attached hydrogens (tertiary/aromatic N) is 1. The second-order valence-electron chi connectivity index (χ2n) is 6.52. The van der Waals surface area contributed by atoms with E-state index in [1.54, 1.807) is 0 Å². The van der Waals surface area contributed by atoms with Crippen molar-refractivity contribution in [3.8, 4) is 0 Å². The lowest BCUT2D eigenvalue weighted by atomic mass is 9.82. The molecular formula is C14H26N2O. The number of hydrogen-bond acceptors (Lipinski definition) is 2. The zero-order valence-corrected chi connectivity index (χ0v) is 11.2. The Balaban J connectivity index is 1.92. The minimum atomic E-state index is 0.223. The van der Waals surface area contributed by atoms with Crippen LogP contribution in [0.3, 0.4) is 0 Å². The van der Waals surface area contributed by atoms with Crippen LogP contribution < -0.4 is 5.73 Å². The molecule has 1 amide bonds. The maximum Gasteiger partial charge on any atom is 0.226 e. The summed E-state index contributed by atoms with van der Waals surface area (Å²) in [6.45, 7) is 7.16. The maximum atomic E-state index is 12.5. The molecule has 0 bridgehead atoms. The molecule has 1 aliphatic heterocycles. The van der Waals surface area contributed by atoms with E-state index >= 15 is 0 Å². The Morgan fingerprint density at radius 1 is 1.29 bits per heavy atom. The quantitative estimate of drug-likeness (QED) is 0.800. The molecule has 2 fully saturated rings. The fraction of sp³-hybridized carbons (Fsp3) is 0.929. The van der Waals surface area contributed by atoms with Gasteiger partial charge in [0.2, 0.25) is 5.91 Å². The highest BCUT2D eigenvalue weighted by Crippen LogP contribution is 2.35. The van der Waals surface area contributed by atoms with Crippen LogP contribution in [0.2, 0.25) is 0 Å². The van der Waals surface area contributed by atoms with Gasteiger partial charge in [-0.25, -0.2) is 0 Å². The van der Waals surface area contributed by atoms with Gasteiger partial charge >= 0.3 is 0 Å². The average molecular weight is 238 g/mol. The van der Waals surface area contributed by atoms with Gasteiger partial charge in [0.15, 0.2) is 0 Å². The Morgan fingerprint density at radius 2 is 1.94 bits per heavy atom. The number of nitrogens with two attached hydrogens (primary N) is 1. The SMILES string of the molecule is CC1(C)CCN(C(=O)C2CCCC2CN)CC1. The van der Waals surface area contributed by atoms with E-state index < -0.39 is 0 Å². The summed E-state index contributed by atoms with van der Waals surface area (Å²) < 4.78 is 0. The van der Waals surface area contributed by atoms with Crippen molar-refractivity contribution in [1.82, 2.24) is 4.90 Å². The first-order valence-corrected chi connectivity index (χ1v) is 7.02. The molecule has 1 aliphatic carbocycles. The van der Waals surface area contributed by atoms with Crippen LogP contribution in [0.4, 0.5) is 0 Å². The van der Waals surface area contributed by atoms with Crippen LogP contribution >= 0.6 is 0 Å². The van der Waals surface area contributed by atoms with E-state index in [1.807, 2.05) is 0 Å². The topological polar surface area (TPSA) is 46.3 Å². The van der Waals surface area contributed by atoms with Crippen LogP contribution in [0.25, 0.3) is 0 Å². The minimum absolute atomic E-state index is 0.223. The number of hydrogen-bond donors (Lipinski definition) is 1. The Labute approximate surface area is 105 Å². The van der Waals surface area contributed by atoms with Crippen molar-refractivity contribution in [1.29, 1.82) is 0 Å². The molecule has 1 heterocycles. The molecule has 0 spiro atoms. The molecule has 1 saturated heterocycles. The zero-order chi connectivity index (χ0) is 12.5. The minimum Gasteiger partial charge on any atom is -0.342 e. The summed E-state index contributed by atoms with van der Waals surface area (Å²) in [5, 5.41) is 0. The lowest BCUT2D eigenvalue weighted by Crippen LogP contribution is -2.45. The Kier molecular flexibility index (Phi) is 3.76. The molecule has 2 N–H and O–H groups in total. The summed E-state index contributed by atoms with van der Waals surface area (Å²) in [4.78, 5) is 14.5. The van der Waals surface area contributed by atoms with Gasteiger partial charge in [0.05, 0.1) is 0 Å². The molecular weight excluding hydrogens is 212 g/mol. The van der Waals surface area contributed by atoms with E-state index in [4.69, 9.17) is 5.73 Å². The summed E-state index contributed by atoms with van der Waals surface area (Å²) in [5.41, 5.74) is 6.18. The third kappa shape index (κ3) is 2.82. The van der Waals surface area contributed by atoms with E-state index in [0.717, 1.165) is 38.8 Å². The van der Waals surface area contributed by atoms with Crippen molar-refractivity contribution in [2.75, 3.05) is 19.6 Å². The summed E-state index contributed by atoms with van der Waals surface area (Å²) >= 11 is 0. The number of carbonyl (C=O) groups is 1. The molecule has 98 valence electrons. The highest BCUT2D eigenvalue weighted by atomic mass is 16.2. The second kappa shape index (κ2) is 4.97. The van der Waals surface area contributed by atoms with Gasteiger partial charge in [-0.3, -0.25) is 4.79 Å². The van der Waals surface area contributed by atoms with Gasteiger partial charge in [0.1, 0.15) is 0 Å². The summed E-state index contributed by atoms with van der Waals surface area (Å²) in [6.07, 6.45) is 5.65. The van der Waals surface area contributed by atoms with Crippen molar-refractivity contribution in [2.24, 2.45) is 23.0 Å². The summed E-state index contributed by atoms with van der Waals surface area (Å²) in [5.74, 6) is 1.05. The molecule has 0 radical (unpaired) electrons. The van der Waals surface area contributed by atoms with Gasteiger partial charge in [-0.05, 0) is 43.6 Å². The second-order valence-corrected chi connectivity index (χ2v) is 6.52. The monoisotopic (exact) mass is 238 g/mol. The lowest BCUT2D eigenvalue weighted by molar-refractivity contribution is -0.138. The smallest absolute Gasteiger partial charge is 0.226 e. The fourth-order valence-corrected chi connectivity index (χ4v) is 3.21. The average Bonchev–Trinajstić information content (AvgIpc) is 2.76. The van der Waals surface area contributed by atoms with Crippen LogP contribution in [0.1, 0.15) is 46.0 Å². The van der Waals surface area contributed by atoms with E-state index in [2.05, 4.69) is 18.7 Å². The first-order valence-electron chi connectivity index (χ1n) is 7.02. The lowest BCUT2D eigenvalue weighted by Gasteiger charge is -2.38. The number of rotatable bonds is 2. The van der Waals surface area contributed by atoms with Crippen LogP contribution in [-0.4, -0.2) is 30.4 Å². The van der Waals surface area contributed by atoms with E-state index in [1.165, 1.54) is 6.42 Å². The number of carbonyl (C=O) groups excluding carboxylic acids is 1. The van der Waals surface area contributed by atoms with E-state index in [9.17, 15) is 4.79 Å². The summed E-state index contributed by atoms with van der Waals surface area (Å²) in [6, 6.07) is 0. The van der Waals surface area contributed by atoms with Crippen LogP contribution in [0, 0.1) is 17.3 Å². The number of likely N-dealkylation sites (tertiary alicyclic amines) is 1. The normalized spacial score (nSPS) is 32.8. The molecule has 0 aromatic rings. The predicted molar refractivity (Wildman–Crippen MR) is 69.5 cm³/mol. The molecule has 3 nitrogen and oxygen atoms in total. The highest BCUT2D eigenvalue weighted by molar-refractivity contribution is 5.79. The molecule has 2 unspecified atom stereocenters. The predicted octanol–water partition coefficient (Wildman–Crippen LogP) is 2.01. The van der Waals surface area contributed by atoms with Crippen molar-refractivity contribution < 1.29 is 4.79 Å². The highest BCUT2D eigenvalue weighted by Gasteiger charge is 2.36. The van der Waals surface area contributed by atoms with Crippen molar-refractivity contribution in [3.05, 3.63) is 0 Å². The third-order valence-electron chi connectivity index (χ3n) is 4.71. The first kappa shape index (κ1) is 12.9. The van der Waals surface area contributed by atoms with Crippen LogP contribution in [-0.2, 0) is 4.79 Å². The van der Waals surface area contributed by atoms with Crippen molar-refractivity contribution in [3.63, 3.8) is 0 Å². The Hall–Kier alpha value is -0.570. The number of piperidine rings is 1. The van der Waals surface area contributed by atoms with Crippen molar-refractivity contribution in [2.45, 2.75) is 46.0 Å². The summed E-state index contributed by atoms with van der Waals surface area (Å²) in [7, 11) is 0. The Bertz CT molecular complexity index is 278. The largest absolute Gasteiger partial charge is 0.342 e. The van der Waals surface area contributed by atoms with E-state index in [0.29, 0.717) is 23.8 Å².